The van der Waals surface area contributed by atoms with E-state index in [1.165, 1.54) is 5.56 Å². The third-order valence-electron chi connectivity index (χ3n) is 4.42. The molecule has 0 amide bonds. The fourth-order valence-electron chi connectivity index (χ4n) is 3.01. The van der Waals surface area contributed by atoms with Crippen LogP contribution in [0.4, 0.5) is 0 Å². The Morgan fingerprint density at radius 3 is 2.52 bits per heavy atom. The molecule has 0 saturated carbocycles. The summed E-state index contributed by atoms with van der Waals surface area (Å²) in [7, 11) is 0. The van der Waals surface area contributed by atoms with Gasteiger partial charge >= 0.3 is 5.97 Å². The predicted molar refractivity (Wildman–Crippen MR) is 108 cm³/mol. The second-order valence-corrected chi connectivity index (χ2v) is 6.81. The number of nitrogens with zero attached hydrogens (tertiary/aromatic N) is 1. The van der Waals surface area contributed by atoms with E-state index in [0.717, 1.165) is 17.0 Å². The molecular weight excluding hydrogens is 362 g/mol. The summed E-state index contributed by atoms with van der Waals surface area (Å²) in [6.45, 7) is 3.10. The Balaban J connectivity index is 1.81. The van der Waals surface area contributed by atoms with Crippen LogP contribution in [-0.2, 0) is 17.8 Å². The van der Waals surface area contributed by atoms with E-state index < -0.39 is 5.97 Å². The number of carboxylic acid groups (broad SMARTS) is 1. The van der Waals surface area contributed by atoms with E-state index in [4.69, 9.17) is 21.4 Å². The molecule has 2 aromatic carbocycles. The van der Waals surface area contributed by atoms with Crippen LogP contribution in [0.1, 0.15) is 17.7 Å². The maximum absolute atomic E-state index is 11.0. The van der Waals surface area contributed by atoms with Gasteiger partial charge in [0.2, 0.25) is 0 Å². The van der Waals surface area contributed by atoms with E-state index in [2.05, 4.69) is 35.8 Å². The lowest BCUT2D eigenvalue weighted by Gasteiger charge is -2.15. The molecule has 0 saturated heterocycles. The van der Waals surface area contributed by atoms with Crippen molar-refractivity contribution in [3.8, 4) is 17.0 Å². The molecular formula is C22H22ClNO3. The third-order valence-corrected chi connectivity index (χ3v) is 4.73. The van der Waals surface area contributed by atoms with Crippen LogP contribution in [-0.4, -0.2) is 22.2 Å². The standard InChI is InChI=1S/C22H22ClNO3/c1-16-6-8-17(9-7-16)20-12-10-18(11-13-22(25)26)24(20)14-15-27-21-5-3-2-4-19(21)23/h2-10,12H,11,13-15H2,1H3,(H,25,26). The molecule has 3 rings (SSSR count). The zero-order chi connectivity index (χ0) is 19.2. The molecule has 0 aliphatic rings. The van der Waals surface area contributed by atoms with Crippen LogP contribution in [0.3, 0.4) is 0 Å². The number of aryl methyl sites for hydroxylation is 2. The number of rotatable bonds is 8. The van der Waals surface area contributed by atoms with Gasteiger partial charge in [0.05, 0.1) is 18.0 Å². The molecule has 4 nitrogen and oxygen atoms in total. The van der Waals surface area contributed by atoms with Gasteiger partial charge in [-0.1, -0.05) is 53.6 Å². The van der Waals surface area contributed by atoms with Gasteiger partial charge in [0.15, 0.2) is 0 Å². The van der Waals surface area contributed by atoms with Crippen LogP contribution in [0.5, 0.6) is 5.75 Å². The van der Waals surface area contributed by atoms with Crippen LogP contribution >= 0.6 is 11.6 Å². The van der Waals surface area contributed by atoms with Gasteiger partial charge in [0.25, 0.3) is 0 Å². The zero-order valence-electron chi connectivity index (χ0n) is 15.2. The zero-order valence-corrected chi connectivity index (χ0v) is 15.9. The van der Waals surface area contributed by atoms with Gasteiger partial charge in [-0.2, -0.15) is 0 Å². The molecule has 0 unspecified atom stereocenters. The summed E-state index contributed by atoms with van der Waals surface area (Å²) >= 11 is 6.15. The minimum atomic E-state index is -0.799. The van der Waals surface area contributed by atoms with E-state index in [9.17, 15) is 4.79 Å². The molecule has 0 aliphatic carbocycles. The Hall–Kier alpha value is -2.72. The normalized spacial score (nSPS) is 10.7. The van der Waals surface area contributed by atoms with E-state index in [-0.39, 0.29) is 6.42 Å². The largest absolute Gasteiger partial charge is 0.490 e. The molecule has 0 atom stereocenters. The first-order chi connectivity index (χ1) is 13.0. The summed E-state index contributed by atoms with van der Waals surface area (Å²) in [5, 5.41) is 9.61. The number of carbonyl (C=O) groups is 1. The van der Waals surface area contributed by atoms with Crippen molar-refractivity contribution >= 4 is 17.6 Å². The van der Waals surface area contributed by atoms with Gasteiger partial charge in [0.1, 0.15) is 12.4 Å². The van der Waals surface area contributed by atoms with Crippen molar-refractivity contribution in [1.29, 1.82) is 0 Å². The highest BCUT2D eigenvalue weighted by Crippen LogP contribution is 2.26. The van der Waals surface area contributed by atoms with Gasteiger partial charge in [0, 0.05) is 11.4 Å². The van der Waals surface area contributed by atoms with E-state index in [1.54, 1.807) is 6.07 Å². The molecule has 3 aromatic rings. The number of aliphatic carboxylic acids is 1. The average molecular weight is 384 g/mol. The lowest BCUT2D eigenvalue weighted by atomic mass is 10.1. The van der Waals surface area contributed by atoms with E-state index in [0.29, 0.717) is 30.3 Å². The highest BCUT2D eigenvalue weighted by Gasteiger charge is 2.12. The first kappa shape index (κ1) is 19.1. The monoisotopic (exact) mass is 383 g/mol. The maximum atomic E-state index is 11.0. The molecule has 1 heterocycles. The van der Waals surface area contributed by atoms with Crippen LogP contribution in [0.2, 0.25) is 5.02 Å². The Bertz CT molecular complexity index is 916. The number of halogens is 1. The van der Waals surface area contributed by atoms with Crippen molar-refractivity contribution in [2.24, 2.45) is 0 Å². The lowest BCUT2D eigenvalue weighted by Crippen LogP contribution is -2.13. The molecule has 0 aliphatic heterocycles. The SMILES string of the molecule is Cc1ccc(-c2ccc(CCC(=O)O)n2CCOc2ccccc2Cl)cc1. The van der Waals surface area contributed by atoms with Crippen molar-refractivity contribution in [3.63, 3.8) is 0 Å². The molecule has 0 radical (unpaired) electrons. The van der Waals surface area contributed by atoms with Gasteiger partial charge in [-0.25, -0.2) is 0 Å². The summed E-state index contributed by atoms with van der Waals surface area (Å²) in [5.41, 5.74) is 4.33. The Kier molecular flexibility index (Phi) is 6.20. The first-order valence-corrected chi connectivity index (χ1v) is 9.27. The Labute approximate surface area is 164 Å². The number of carboxylic acids is 1. The quantitative estimate of drug-likeness (QED) is 0.580. The number of para-hydroxylation sites is 1. The van der Waals surface area contributed by atoms with Crippen molar-refractivity contribution in [2.45, 2.75) is 26.3 Å². The minimum Gasteiger partial charge on any atom is -0.490 e. The number of aromatic nitrogens is 1. The lowest BCUT2D eigenvalue weighted by molar-refractivity contribution is -0.136. The van der Waals surface area contributed by atoms with Gasteiger partial charge in [-0.3, -0.25) is 4.79 Å². The highest BCUT2D eigenvalue weighted by molar-refractivity contribution is 6.32. The number of benzene rings is 2. The molecule has 1 aromatic heterocycles. The van der Waals surface area contributed by atoms with Crippen LogP contribution in [0.25, 0.3) is 11.3 Å². The maximum Gasteiger partial charge on any atom is 0.303 e. The fourth-order valence-corrected chi connectivity index (χ4v) is 3.20. The second-order valence-electron chi connectivity index (χ2n) is 6.40. The molecule has 5 heteroatoms. The van der Waals surface area contributed by atoms with Crippen LogP contribution in [0, 0.1) is 6.92 Å². The first-order valence-electron chi connectivity index (χ1n) is 8.89. The molecule has 1 N–H and O–H groups in total. The average Bonchev–Trinajstić information content (AvgIpc) is 3.05. The smallest absolute Gasteiger partial charge is 0.303 e. The molecule has 0 bridgehead atoms. The minimum absolute atomic E-state index is 0.0999. The van der Waals surface area contributed by atoms with Gasteiger partial charge < -0.3 is 14.4 Å². The van der Waals surface area contributed by atoms with E-state index >= 15 is 0 Å². The predicted octanol–water partition coefficient (Wildman–Crippen LogP) is 5.21. The Morgan fingerprint density at radius 2 is 1.81 bits per heavy atom. The van der Waals surface area contributed by atoms with Gasteiger partial charge in [-0.05, 0) is 43.2 Å². The number of ether oxygens (including phenoxy) is 1. The molecule has 140 valence electrons. The summed E-state index contributed by atoms with van der Waals surface area (Å²) in [4.78, 5) is 11.0. The summed E-state index contributed by atoms with van der Waals surface area (Å²) in [6, 6.07) is 19.7. The van der Waals surface area contributed by atoms with Crippen LogP contribution in [0.15, 0.2) is 60.7 Å². The van der Waals surface area contributed by atoms with Crippen LogP contribution < -0.4 is 4.74 Å². The van der Waals surface area contributed by atoms with Crippen molar-refractivity contribution < 1.29 is 14.6 Å². The van der Waals surface area contributed by atoms with Gasteiger partial charge in [-0.15, -0.1) is 0 Å². The molecule has 0 fully saturated rings. The molecule has 0 spiro atoms. The fraction of sp³-hybridized carbons (Fsp3) is 0.227. The van der Waals surface area contributed by atoms with Crippen molar-refractivity contribution in [2.75, 3.05) is 6.61 Å². The van der Waals surface area contributed by atoms with E-state index in [1.807, 2.05) is 30.3 Å². The topological polar surface area (TPSA) is 51.5 Å². The summed E-state index contributed by atoms with van der Waals surface area (Å²) in [5.74, 6) is -0.151. The molecule has 27 heavy (non-hydrogen) atoms. The Morgan fingerprint density at radius 1 is 1.07 bits per heavy atom. The summed E-state index contributed by atoms with van der Waals surface area (Å²) in [6.07, 6.45) is 0.579. The third kappa shape index (κ3) is 4.92. The second kappa shape index (κ2) is 8.78. The number of hydrogen-bond donors (Lipinski definition) is 1. The number of hydrogen-bond acceptors (Lipinski definition) is 2. The highest BCUT2D eigenvalue weighted by atomic mass is 35.5. The van der Waals surface area contributed by atoms with Crippen molar-refractivity contribution in [1.82, 2.24) is 4.57 Å². The summed E-state index contributed by atoms with van der Waals surface area (Å²) < 4.78 is 7.96. The van der Waals surface area contributed by atoms with Crippen molar-refractivity contribution in [3.05, 3.63) is 76.9 Å².